The lowest BCUT2D eigenvalue weighted by Gasteiger charge is -2.27. The van der Waals surface area contributed by atoms with Crippen molar-refractivity contribution in [2.45, 2.75) is 39.7 Å². The number of hydrogen-bond acceptors (Lipinski definition) is 4. The maximum absolute atomic E-state index is 11.8. The molecule has 1 atom stereocenters. The highest BCUT2D eigenvalue weighted by Crippen LogP contribution is 2.35. The summed E-state index contributed by atoms with van der Waals surface area (Å²) in [6, 6.07) is -0.0733. The number of ether oxygens (including phenoxy) is 1. The summed E-state index contributed by atoms with van der Waals surface area (Å²) >= 11 is 0. The maximum Gasteiger partial charge on any atom is 0.397 e. The van der Waals surface area contributed by atoms with Crippen molar-refractivity contribution >= 4 is 17.7 Å². The van der Waals surface area contributed by atoms with Gasteiger partial charge in [-0.2, -0.15) is 0 Å². The molecule has 0 unspecified atom stereocenters. The number of amides is 1. The monoisotopic (exact) mass is 241 g/mol. The summed E-state index contributed by atoms with van der Waals surface area (Å²) in [6.07, 6.45) is 2.09. The van der Waals surface area contributed by atoms with E-state index in [1.165, 1.54) is 11.8 Å². The first-order valence-electron chi connectivity index (χ1n) is 5.94. The smallest absolute Gasteiger partial charge is 0.397 e. The van der Waals surface area contributed by atoms with E-state index in [9.17, 15) is 14.4 Å². The fourth-order valence-electron chi connectivity index (χ4n) is 1.78. The quantitative estimate of drug-likeness (QED) is 0.526. The van der Waals surface area contributed by atoms with E-state index in [0.29, 0.717) is 5.92 Å². The van der Waals surface area contributed by atoms with Gasteiger partial charge in [0.15, 0.2) is 0 Å². The van der Waals surface area contributed by atoms with Gasteiger partial charge in [0, 0.05) is 6.04 Å². The van der Waals surface area contributed by atoms with E-state index in [1.54, 1.807) is 6.92 Å². The van der Waals surface area contributed by atoms with Gasteiger partial charge in [-0.05, 0) is 39.5 Å². The lowest BCUT2D eigenvalue weighted by atomic mass is 10.1. The van der Waals surface area contributed by atoms with Gasteiger partial charge in [-0.15, -0.1) is 0 Å². The molecule has 0 bridgehead atoms. The molecule has 0 aromatic rings. The SMILES string of the molecule is CCOC(=O)C(=O)N(CC(C)=O)[C@H](C)C1CC1. The Kier molecular flexibility index (Phi) is 4.66. The zero-order valence-electron chi connectivity index (χ0n) is 10.6. The molecule has 1 fully saturated rings. The Balaban J connectivity index is 2.70. The summed E-state index contributed by atoms with van der Waals surface area (Å²) in [5.41, 5.74) is 0. The van der Waals surface area contributed by atoms with Gasteiger partial charge in [-0.25, -0.2) is 4.79 Å². The van der Waals surface area contributed by atoms with Crippen molar-refractivity contribution in [2.75, 3.05) is 13.2 Å². The normalized spacial score (nSPS) is 16.2. The predicted molar refractivity (Wildman–Crippen MR) is 61.2 cm³/mol. The summed E-state index contributed by atoms with van der Waals surface area (Å²) in [6.45, 7) is 5.07. The largest absolute Gasteiger partial charge is 0.459 e. The van der Waals surface area contributed by atoms with Crippen molar-refractivity contribution in [1.82, 2.24) is 4.90 Å². The van der Waals surface area contributed by atoms with E-state index in [4.69, 9.17) is 0 Å². The summed E-state index contributed by atoms with van der Waals surface area (Å²) in [7, 11) is 0. The first kappa shape index (κ1) is 13.7. The topological polar surface area (TPSA) is 63.7 Å². The molecule has 0 radical (unpaired) electrons. The average molecular weight is 241 g/mol. The molecule has 0 aromatic heterocycles. The number of esters is 1. The number of rotatable bonds is 5. The molecule has 1 saturated carbocycles. The summed E-state index contributed by atoms with van der Waals surface area (Å²) in [4.78, 5) is 35.7. The van der Waals surface area contributed by atoms with Crippen LogP contribution in [0.25, 0.3) is 0 Å². The van der Waals surface area contributed by atoms with E-state index >= 15 is 0 Å². The molecule has 0 spiro atoms. The van der Waals surface area contributed by atoms with Gasteiger partial charge in [0.05, 0.1) is 13.2 Å². The molecular weight excluding hydrogens is 222 g/mol. The molecule has 0 aromatic carbocycles. The highest BCUT2D eigenvalue weighted by molar-refractivity contribution is 6.32. The van der Waals surface area contributed by atoms with Gasteiger partial charge in [0.2, 0.25) is 0 Å². The van der Waals surface area contributed by atoms with Gasteiger partial charge in [-0.1, -0.05) is 0 Å². The number of Topliss-reactive ketones (excluding diaryl/α,β-unsaturated/α-hetero) is 1. The van der Waals surface area contributed by atoms with Gasteiger partial charge < -0.3 is 9.64 Å². The van der Waals surface area contributed by atoms with Gasteiger partial charge >= 0.3 is 11.9 Å². The highest BCUT2D eigenvalue weighted by Gasteiger charge is 2.37. The van der Waals surface area contributed by atoms with Crippen molar-refractivity contribution in [1.29, 1.82) is 0 Å². The third kappa shape index (κ3) is 3.84. The van der Waals surface area contributed by atoms with Crippen molar-refractivity contribution in [2.24, 2.45) is 5.92 Å². The summed E-state index contributed by atoms with van der Waals surface area (Å²) < 4.78 is 4.68. The predicted octanol–water partition coefficient (Wildman–Crippen LogP) is 0.766. The van der Waals surface area contributed by atoms with Crippen molar-refractivity contribution < 1.29 is 19.1 Å². The van der Waals surface area contributed by atoms with Crippen LogP contribution in [0.5, 0.6) is 0 Å². The fourth-order valence-corrected chi connectivity index (χ4v) is 1.78. The Bertz CT molecular complexity index is 322. The number of carbonyl (C=O) groups excluding carboxylic acids is 3. The molecule has 1 rings (SSSR count). The summed E-state index contributed by atoms with van der Waals surface area (Å²) in [5.74, 6) is -1.30. The highest BCUT2D eigenvalue weighted by atomic mass is 16.5. The summed E-state index contributed by atoms with van der Waals surface area (Å²) in [5, 5.41) is 0. The minimum atomic E-state index is -0.874. The Morgan fingerprint density at radius 2 is 1.94 bits per heavy atom. The third-order valence-corrected chi connectivity index (χ3v) is 2.90. The molecule has 0 heterocycles. The number of carbonyl (C=O) groups is 3. The molecule has 0 saturated heterocycles. The first-order chi connectivity index (χ1) is 7.97. The van der Waals surface area contributed by atoms with E-state index in [-0.39, 0.29) is 25.0 Å². The van der Waals surface area contributed by atoms with Crippen LogP contribution >= 0.6 is 0 Å². The van der Waals surface area contributed by atoms with Crippen LogP contribution in [0.3, 0.4) is 0 Å². The molecule has 0 N–H and O–H groups in total. The zero-order valence-corrected chi connectivity index (χ0v) is 10.6. The molecule has 5 nitrogen and oxygen atoms in total. The van der Waals surface area contributed by atoms with Gasteiger partial charge in [0.1, 0.15) is 5.78 Å². The molecule has 5 heteroatoms. The number of hydrogen-bond donors (Lipinski definition) is 0. The minimum Gasteiger partial charge on any atom is -0.459 e. The minimum absolute atomic E-state index is 0.0185. The standard InChI is InChI=1S/C12H19NO4/c1-4-17-12(16)11(15)13(7-8(2)14)9(3)10-5-6-10/h9-10H,4-7H2,1-3H3/t9-/m1/s1. The number of ketones is 1. The Hall–Kier alpha value is -1.39. The Labute approximate surface area is 101 Å². The van der Waals surface area contributed by atoms with Crippen LogP contribution in [0.4, 0.5) is 0 Å². The van der Waals surface area contributed by atoms with Crippen LogP contribution in [0.15, 0.2) is 0 Å². The second-order valence-corrected chi connectivity index (χ2v) is 4.43. The molecular formula is C12H19NO4. The van der Waals surface area contributed by atoms with Crippen LogP contribution < -0.4 is 0 Å². The van der Waals surface area contributed by atoms with Crippen molar-refractivity contribution in [3.05, 3.63) is 0 Å². The average Bonchev–Trinajstić information content (AvgIpc) is 3.07. The number of nitrogens with zero attached hydrogens (tertiary/aromatic N) is 1. The Morgan fingerprint density at radius 1 is 1.35 bits per heavy atom. The van der Waals surface area contributed by atoms with Crippen LogP contribution in [0.2, 0.25) is 0 Å². The molecule has 1 aliphatic carbocycles. The molecule has 17 heavy (non-hydrogen) atoms. The van der Waals surface area contributed by atoms with Gasteiger partial charge in [-0.3, -0.25) is 9.59 Å². The second-order valence-electron chi connectivity index (χ2n) is 4.43. The lowest BCUT2D eigenvalue weighted by Crippen LogP contribution is -2.46. The Morgan fingerprint density at radius 3 is 2.35 bits per heavy atom. The van der Waals surface area contributed by atoms with Crippen molar-refractivity contribution in [3.63, 3.8) is 0 Å². The van der Waals surface area contributed by atoms with E-state index in [2.05, 4.69) is 4.74 Å². The third-order valence-electron chi connectivity index (χ3n) is 2.90. The van der Waals surface area contributed by atoms with Crippen LogP contribution in [0.1, 0.15) is 33.6 Å². The van der Waals surface area contributed by atoms with E-state index in [0.717, 1.165) is 12.8 Å². The molecule has 1 aliphatic rings. The lowest BCUT2D eigenvalue weighted by molar-refractivity contribution is -0.161. The van der Waals surface area contributed by atoms with Crippen LogP contribution in [-0.4, -0.2) is 41.8 Å². The molecule has 1 amide bonds. The maximum atomic E-state index is 11.8. The van der Waals surface area contributed by atoms with Crippen LogP contribution in [-0.2, 0) is 19.1 Å². The van der Waals surface area contributed by atoms with Crippen molar-refractivity contribution in [3.8, 4) is 0 Å². The van der Waals surface area contributed by atoms with Crippen LogP contribution in [0, 0.1) is 5.92 Å². The van der Waals surface area contributed by atoms with E-state index < -0.39 is 11.9 Å². The first-order valence-corrected chi connectivity index (χ1v) is 5.94. The molecule has 0 aliphatic heterocycles. The fraction of sp³-hybridized carbons (Fsp3) is 0.750. The van der Waals surface area contributed by atoms with Gasteiger partial charge in [0.25, 0.3) is 0 Å². The van der Waals surface area contributed by atoms with E-state index in [1.807, 2.05) is 6.92 Å². The molecule has 96 valence electrons. The second kappa shape index (κ2) is 5.80. The zero-order chi connectivity index (χ0) is 13.0.